The molecule has 0 aliphatic carbocycles. The number of aromatic nitrogens is 1. The molecule has 1 aliphatic heterocycles. The first-order chi connectivity index (χ1) is 11.6. The van der Waals surface area contributed by atoms with Gasteiger partial charge in [-0.05, 0) is 31.6 Å². The van der Waals surface area contributed by atoms with Gasteiger partial charge in [0.1, 0.15) is 5.82 Å². The summed E-state index contributed by atoms with van der Waals surface area (Å²) in [5, 5.41) is 5.73. The van der Waals surface area contributed by atoms with E-state index in [1.54, 1.807) is 6.20 Å². The first-order valence-electron chi connectivity index (χ1n) is 8.61. The highest BCUT2D eigenvalue weighted by Gasteiger charge is 2.22. The van der Waals surface area contributed by atoms with Gasteiger partial charge in [0, 0.05) is 13.1 Å². The summed E-state index contributed by atoms with van der Waals surface area (Å²) in [6.07, 6.45) is 2.41. The Morgan fingerprint density at radius 3 is 2.67 bits per heavy atom. The van der Waals surface area contributed by atoms with Crippen molar-refractivity contribution in [1.29, 1.82) is 0 Å². The molecule has 0 aromatic carbocycles. The van der Waals surface area contributed by atoms with Crippen molar-refractivity contribution in [1.82, 2.24) is 15.2 Å². The molecule has 2 heterocycles. The van der Waals surface area contributed by atoms with Crippen LogP contribution in [0, 0.1) is 0 Å². The number of piperazine rings is 1. The molecule has 1 fully saturated rings. The van der Waals surface area contributed by atoms with Crippen LogP contribution in [-0.4, -0.2) is 60.5 Å². The molecule has 1 aromatic heterocycles. The highest BCUT2D eigenvalue weighted by molar-refractivity contribution is 5.94. The summed E-state index contributed by atoms with van der Waals surface area (Å²) in [7, 11) is 0. The van der Waals surface area contributed by atoms with E-state index in [1.165, 1.54) is 0 Å². The zero-order valence-corrected chi connectivity index (χ0v) is 14.7. The van der Waals surface area contributed by atoms with Crippen LogP contribution in [-0.2, 0) is 9.59 Å². The summed E-state index contributed by atoms with van der Waals surface area (Å²) in [5.74, 6) is 0.747. The van der Waals surface area contributed by atoms with Gasteiger partial charge < -0.3 is 15.5 Å². The van der Waals surface area contributed by atoms with E-state index in [0.29, 0.717) is 18.8 Å². The van der Waals surface area contributed by atoms with Crippen LogP contribution in [0.25, 0.3) is 0 Å². The van der Waals surface area contributed by atoms with Crippen molar-refractivity contribution in [3.63, 3.8) is 0 Å². The highest BCUT2D eigenvalue weighted by atomic mass is 16.2. The van der Waals surface area contributed by atoms with Crippen molar-refractivity contribution >= 4 is 23.3 Å². The summed E-state index contributed by atoms with van der Waals surface area (Å²) in [4.78, 5) is 32.4. The molecule has 1 atom stereocenters. The quantitative estimate of drug-likeness (QED) is 0.781. The topological polar surface area (TPSA) is 77.6 Å². The van der Waals surface area contributed by atoms with Gasteiger partial charge in [-0.25, -0.2) is 4.98 Å². The lowest BCUT2D eigenvalue weighted by Gasteiger charge is -2.28. The van der Waals surface area contributed by atoms with Gasteiger partial charge in [0.25, 0.3) is 0 Å². The Kier molecular flexibility index (Phi) is 6.54. The van der Waals surface area contributed by atoms with Gasteiger partial charge >= 0.3 is 0 Å². The van der Waals surface area contributed by atoms with Crippen molar-refractivity contribution in [2.75, 3.05) is 42.9 Å². The van der Waals surface area contributed by atoms with Gasteiger partial charge in [0.05, 0.1) is 24.5 Å². The number of nitrogens with one attached hydrogen (secondary N) is 2. The average molecular weight is 333 g/mol. The molecule has 7 heteroatoms. The van der Waals surface area contributed by atoms with Crippen LogP contribution in [0.2, 0.25) is 0 Å². The molecule has 0 unspecified atom stereocenters. The van der Waals surface area contributed by atoms with Crippen molar-refractivity contribution in [2.24, 2.45) is 0 Å². The molecule has 2 amide bonds. The zero-order chi connectivity index (χ0) is 17.5. The van der Waals surface area contributed by atoms with E-state index < -0.39 is 0 Å². The van der Waals surface area contributed by atoms with Crippen LogP contribution in [0.1, 0.15) is 27.2 Å². The number of rotatable bonds is 7. The van der Waals surface area contributed by atoms with Crippen LogP contribution in [0.4, 0.5) is 11.5 Å². The third kappa shape index (κ3) is 4.44. The lowest BCUT2D eigenvalue weighted by atomic mass is 10.1. The van der Waals surface area contributed by atoms with E-state index >= 15 is 0 Å². The van der Waals surface area contributed by atoms with Gasteiger partial charge in [-0.1, -0.05) is 20.8 Å². The first kappa shape index (κ1) is 18.2. The third-order valence-corrected chi connectivity index (χ3v) is 4.32. The van der Waals surface area contributed by atoms with E-state index in [9.17, 15) is 9.59 Å². The number of anilines is 2. The van der Waals surface area contributed by atoms with E-state index in [2.05, 4.69) is 34.4 Å². The molecule has 0 saturated carbocycles. The molecule has 24 heavy (non-hydrogen) atoms. The van der Waals surface area contributed by atoms with E-state index in [4.69, 9.17) is 0 Å². The molecule has 2 N–H and O–H groups in total. The van der Waals surface area contributed by atoms with E-state index in [-0.39, 0.29) is 17.9 Å². The number of likely N-dealkylation sites (N-methyl/N-ethyl adjacent to an activating group) is 1. The number of hydrogen-bond acceptors (Lipinski definition) is 5. The molecule has 0 radical (unpaired) electrons. The molecular weight excluding hydrogens is 306 g/mol. The summed E-state index contributed by atoms with van der Waals surface area (Å²) in [5.41, 5.74) is 0.677. The Morgan fingerprint density at radius 1 is 1.38 bits per heavy atom. The Morgan fingerprint density at radius 2 is 2.12 bits per heavy atom. The predicted octanol–water partition coefficient (Wildman–Crippen LogP) is 1.08. The van der Waals surface area contributed by atoms with E-state index in [1.807, 2.05) is 24.0 Å². The monoisotopic (exact) mass is 333 g/mol. The molecule has 2 rings (SSSR count). The molecule has 0 spiro atoms. The summed E-state index contributed by atoms with van der Waals surface area (Å²) in [6.45, 7) is 9.51. The minimum absolute atomic E-state index is 0.00504. The normalized spacial score (nSPS) is 16.0. The number of hydrogen-bond donors (Lipinski definition) is 2. The molecule has 1 aromatic rings. The number of pyridine rings is 1. The largest absolute Gasteiger partial charge is 0.353 e. The maximum atomic E-state index is 12.5. The van der Waals surface area contributed by atoms with Crippen LogP contribution in [0.15, 0.2) is 18.3 Å². The molecule has 1 aliphatic rings. The summed E-state index contributed by atoms with van der Waals surface area (Å²) >= 11 is 0. The summed E-state index contributed by atoms with van der Waals surface area (Å²) in [6, 6.07) is 3.54. The molecular formula is C17H27N5O2. The van der Waals surface area contributed by atoms with Crippen LogP contribution >= 0.6 is 0 Å². The number of carbonyl (C=O) groups is 2. The minimum Gasteiger partial charge on any atom is -0.353 e. The predicted molar refractivity (Wildman–Crippen MR) is 95.1 cm³/mol. The molecule has 1 saturated heterocycles. The fraction of sp³-hybridized carbons (Fsp3) is 0.588. The molecule has 132 valence electrons. The number of carbonyl (C=O) groups excluding carboxylic acids is 2. The van der Waals surface area contributed by atoms with Crippen molar-refractivity contribution in [2.45, 2.75) is 33.2 Å². The van der Waals surface area contributed by atoms with Gasteiger partial charge in [0.15, 0.2) is 0 Å². The fourth-order valence-electron chi connectivity index (χ4n) is 2.98. The first-order valence-corrected chi connectivity index (χ1v) is 8.61. The van der Waals surface area contributed by atoms with E-state index in [0.717, 1.165) is 31.9 Å². The summed E-state index contributed by atoms with van der Waals surface area (Å²) < 4.78 is 0. The average Bonchev–Trinajstić information content (AvgIpc) is 2.60. The maximum Gasteiger partial charge on any atom is 0.241 e. The Bertz CT molecular complexity index is 557. The van der Waals surface area contributed by atoms with Gasteiger partial charge in [-0.15, -0.1) is 0 Å². The standard InChI is InChI=1S/C17H27N5O2/c1-4-14(21(5-2)6-3)17(24)20-13-7-8-15(19-11-13)22-10-9-18-16(23)12-22/h7-8,11,14H,4-6,9-10,12H2,1-3H3,(H,18,23)(H,20,24)/t14-/m0/s1. The van der Waals surface area contributed by atoms with Crippen LogP contribution in [0.5, 0.6) is 0 Å². The van der Waals surface area contributed by atoms with Crippen LogP contribution in [0.3, 0.4) is 0 Å². The second-order valence-electron chi connectivity index (χ2n) is 5.81. The fourth-order valence-corrected chi connectivity index (χ4v) is 2.98. The molecule has 0 bridgehead atoms. The Hall–Kier alpha value is -2.15. The third-order valence-electron chi connectivity index (χ3n) is 4.32. The minimum atomic E-state index is -0.134. The second-order valence-corrected chi connectivity index (χ2v) is 5.81. The Labute approximate surface area is 143 Å². The second kappa shape index (κ2) is 8.63. The van der Waals surface area contributed by atoms with Gasteiger partial charge in [0.2, 0.25) is 11.8 Å². The van der Waals surface area contributed by atoms with Crippen LogP contribution < -0.4 is 15.5 Å². The van der Waals surface area contributed by atoms with Gasteiger partial charge in [-0.2, -0.15) is 0 Å². The van der Waals surface area contributed by atoms with Crippen molar-refractivity contribution < 1.29 is 9.59 Å². The van der Waals surface area contributed by atoms with Crippen molar-refractivity contribution in [3.8, 4) is 0 Å². The Balaban J connectivity index is 2.00. The van der Waals surface area contributed by atoms with Gasteiger partial charge in [-0.3, -0.25) is 14.5 Å². The maximum absolute atomic E-state index is 12.5. The SMILES string of the molecule is CC[C@@H](C(=O)Nc1ccc(N2CCNC(=O)C2)nc1)N(CC)CC. The smallest absolute Gasteiger partial charge is 0.241 e. The lowest BCUT2D eigenvalue weighted by Crippen LogP contribution is -2.48. The zero-order valence-electron chi connectivity index (χ0n) is 14.7. The number of nitrogens with zero attached hydrogens (tertiary/aromatic N) is 3. The molecule has 7 nitrogen and oxygen atoms in total. The number of amides is 2. The van der Waals surface area contributed by atoms with Crippen molar-refractivity contribution in [3.05, 3.63) is 18.3 Å². The lowest BCUT2D eigenvalue weighted by molar-refractivity contribution is -0.121. The highest BCUT2D eigenvalue weighted by Crippen LogP contribution is 2.16.